The van der Waals surface area contributed by atoms with Crippen LogP contribution in [0.15, 0.2) is 60.2 Å². The predicted octanol–water partition coefficient (Wildman–Crippen LogP) is 4.70. The molecule has 2 amide bonds. The molecule has 3 N–H and O–H groups in total. The van der Waals surface area contributed by atoms with E-state index in [0.29, 0.717) is 24.2 Å². The highest BCUT2D eigenvalue weighted by atomic mass is 127. The highest BCUT2D eigenvalue weighted by Crippen LogP contribution is 2.35. The van der Waals surface area contributed by atoms with Gasteiger partial charge in [-0.3, -0.25) is 9.59 Å². The maximum absolute atomic E-state index is 14.0. The van der Waals surface area contributed by atoms with Gasteiger partial charge in [0, 0.05) is 30.1 Å². The van der Waals surface area contributed by atoms with E-state index in [4.69, 9.17) is 4.74 Å². The number of nitrogens with zero attached hydrogens (tertiary/aromatic N) is 1. The van der Waals surface area contributed by atoms with Crippen LogP contribution >= 0.6 is 22.6 Å². The Morgan fingerprint density at radius 1 is 1.05 bits per heavy atom. The van der Waals surface area contributed by atoms with Crippen LogP contribution in [0.4, 0.5) is 13.2 Å². The third kappa shape index (κ3) is 7.16. The molecule has 11 heteroatoms. The molecule has 40 heavy (non-hydrogen) atoms. The van der Waals surface area contributed by atoms with Gasteiger partial charge in [0.25, 0.3) is 5.91 Å². The summed E-state index contributed by atoms with van der Waals surface area (Å²) in [6, 6.07) is 10.1. The number of ether oxygens (including phenoxy) is 1. The summed E-state index contributed by atoms with van der Waals surface area (Å²) < 4.78 is 46.5. The molecule has 2 aliphatic carbocycles. The predicted molar refractivity (Wildman–Crippen MR) is 151 cm³/mol. The molecule has 7 nitrogen and oxygen atoms in total. The second kappa shape index (κ2) is 13.3. The number of aliphatic hydroxyl groups is 2. The normalized spacial score (nSPS) is 21.9. The quantitative estimate of drug-likeness (QED) is 0.354. The summed E-state index contributed by atoms with van der Waals surface area (Å²) in [5, 5.41) is 23.4. The lowest BCUT2D eigenvalue weighted by Gasteiger charge is -2.45. The fourth-order valence-corrected chi connectivity index (χ4v) is 5.85. The van der Waals surface area contributed by atoms with Crippen LogP contribution in [0.3, 0.4) is 0 Å². The van der Waals surface area contributed by atoms with Crippen molar-refractivity contribution in [3.63, 3.8) is 0 Å². The lowest BCUT2D eigenvalue weighted by Crippen LogP contribution is -2.58. The SMILES string of the molecule is O=C(NCCO)C1=C[C@H](Oc2ccccc2I)[C@@H](O)[C@H](N(C(=O)c2ccc(C(F)(F)F)cc2)C2CCCCC2)C1. The summed E-state index contributed by atoms with van der Waals surface area (Å²) in [5.74, 6) is -0.458. The van der Waals surface area contributed by atoms with E-state index in [9.17, 15) is 33.0 Å². The monoisotopic (exact) mass is 672 g/mol. The fraction of sp³-hybridized carbons (Fsp3) is 0.448. The number of amides is 2. The molecule has 3 atom stereocenters. The van der Waals surface area contributed by atoms with Crippen LogP contribution < -0.4 is 10.1 Å². The third-order valence-electron chi connectivity index (χ3n) is 7.33. The fourth-order valence-electron chi connectivity index (χ4n) is 5.33. The van der Waals surface area contributed by atoms with E-state index in [1.807, 2.05) is 12.1 Å². The molecule has 0 unspecified atom stereocenters. The van der Waals surface area contributed by atoms with Gasteiger partial charge in [-0.1, -0.05) is 31.4 Å². The molecule has 2 aromatic carbocycles. The molecule has 0 radical (unpaired) electrons. The molecule has 0 saturated heterocycles. The molecular weight excluding hydrogens is 640 g/mol. The Kier molecular flexibility index (Phi) is 10.1. The molecule has 0 heterocycles. The van der Waals surface area contributed by atoms with Crippen molar-refractivity contribution in [3.05, 3.63) is 74.9 Å². The average molecular weight is 672 g/mol. The standard InChI is InChI=1S/C29H32F3IN2O5/c30-29(31,32)20-12-10-18(11-13-20)28(39)35(21-6-2-1-3-7-21)23-16-19(27(38)34-14-15-36)17-25(26(23)37)40-24-9-5-4-8-22(24)33/h4-5,8-13,17,21,23,25-26,36-37H,1-3,6-7,14-16H2,(H,34,38)/t23-,25+,26+/m1/s1. The summed E-state index contributed by atoms with van der Waals surface area (Å²) in [5.41, 5.74) is -0.495. The Bertz CT molecular complexity index is 1210. The number of hydrogen-bond acceptors (Lipinski definition) is 5. The summed E-state index contributed by atoms with van der Waals surface area (Å²) in [6.07, 6.45) is -1.09. The van der Waals surface area contributed by atoms with Crippen molar-refractivity contribution in [1.29, 1.82) is 0 Å². The maximum atomic E-state index is 14.0. The third-order valence-corrected chi connectivity index (χ3v) is 8.22. The molecule has 2 aliphatic rings. The number of carbonyl (C=O) groups excluding carboxylic acids is 2. The molecule has 2 aromatic rings. The zero-order valence-corrected chi connectivity index (χ0v) is 23.9. The van der Waals surface area contributed by atoms with Crippen molar-refractivity contribution < 1.29 is 37.7 Å². The van der Waals surface area contributed by atoms with Crippen LogP contribution in [0.2, 0.25) is 0 Å². The maximum Gasteiger partial charge on any atom is 0.416 e. The van der Waals surface area contributed by atoms with E-state index in [1.165, 1.54) is 0 Å². The molecule has 0 bridgehead atoms. The zero-order valence-electron chi connectivity index (χ0n) is 21.7. The van der Waals surface area contributed by atoms with Gasteiger partial charge in [0.1, 0.15) is 18.0 Å². The van der Waals surface area contributed by atoms with Crippen molar-refractivity contribution >= 4 is 34.4 Å². The Hall–Kier alpha value is -2.64. The number of benzene rings is 2. The number of para-hydroxylation sites is 1. The molecule has 0 aromatic heterocycles. The first-order valence-electron chi connectivity index (χ1n) is 13.3. The first-order valence-corrected chi connectivity index (χ1v) is 14.4. The Morgan fingerprint density at radius 2 is 1.73 bits per heavy atom. The van der Waals surface area contributed by atoms with Crippen molar-refractivity contribution in [2.45, 2.75) is 69.0 Å². The molecule has 216 valence electrons. The number of nitrogens with one attached hydrogen (secondary N) is 1. The second-order valence-corrected chi connectivity index (χ2v) is 11.2. The Balaban J connectivity index is 1.71. The molecule has 1 saturated carbocycles. The van der Waals surface area contributed by atoms with Gasteiger partial charge in [-0.25, -0.2) is 0 Å². The minimum atomic E-state index is -4.54. The summed E-state index contributed by atoms with van der Waals surface area (Å²) in [7, 11) is 0. The average Bonchev–Trinajstić information content (AvgIpc) is 2.95. The number of carbonyl (C=O) groups is 2. The van der Waals surface area contributed by atoms with E-state index >= 15 is 0 Å². The first kappa shape index (κ1) is 30.3. The van der Waals surface area contributed by atoms with Crippen LogP contribution in [-0.2, 0) is 11.0 Å². The van der Waals surface area contributed by atoms with Gasteiger partial charge in [-0.05, 0) is 77.9 Å². The highest BCUT2D eigenvalue weighted by molar-refractivity contribution is 14.1. The van der Waals surface area contributed by atoms with Crippen molar-refractivity contribution in [1.82, 2.24) is 10.2 Å². The van der Waals surface area contributed by atoms with Gasteiger partial charge in [0.05, 0.1) is 21.8 Å². The molecular formula is C29H32F3IN2O5. The number of aliphatic hydroxyl groups excluding tert-OH is 2. The van der Waals surface area contributed by atoms with Gasteiger partial charge < -0.3 is 25.2 Å². The lowest BCUT2D eigenvalue weighted by atomic mass is 9.84. The topological polar surface area (TPSA) is 99.1 Å². The minimum absolute atomic E-state index is 0.0209. The van der Waals surface area contributed by atoms with E-state index in [2.05, 4.69) is 27.9 Å². The Morgan fingerprint density at radius 3 is 2.35 bits per heavy atom. The van der Waals surface area contributed by atoms with Gasteiger partial charge >= 0.3 is 6.18 Å². The summed E-state index contributed by atoms with van der Waals surface area (Å²) >= 11 is 2.10. The van der Waals surface area contributed by atoms with Crippen LogP contribution in [0.5, 0.6) is 5.75 Å². The van der Waals surface area contributed by atoms with Crippen LogP contribution in [-0.4, -0.2) is 64.4 Å². The van der Waals surface area contributed by atoms with Crippen molar-refractivity contribution in [2.75, 3.05) is 13.2 Å². The van der Waals surface area contributed by atoms with E-state index in [0.717, 1.165) is 47.1 Å². The van der Waals surface area contributed by atoms with Crippen LogP contribution in [0, 0.1) is 3.57 Å². The van der Waals surface area contributed by atoms with E-state index < -0.39 is 41.8 Å². The second-order valence-electron chi connectivity index (χ2n) is 10.0. The largest absolute Gasteiger partial charge is 0.482 e. The Labute approximate surface area is 244 Å². The smallest absolute Gasteiger partial charge is 0.416 e. The van der Waals surface area contributed by atoms with Gasteiger partial charge in [0.15, 0.2) is 0 Å². The summed E-state index contributed by atoms with van der Waals surface area (Å²) in [6.45, 7) is -0.226. The molecule has 0 aliphatic heterocycles. The highest BCUT2D eigenvalue weighted by Gasteiger charge is 2.43. The van der Waals surface area contributed by atoms with Crippen LogP contribution in [0.25, 0.3) is 0 Å². The van der Waals surface area contributed by atoms with E-state index in [1.54, 1.807) is 23.1 Å². The van der Waals surface area contributed by atoms with Crippen molar-refractivity contribution in [2.24, 2.45) is 0 Å². The number of rotatable bonds is 8. The molecule has 1 fully saturated rings. The molecule has 4 rings (SSSR count). The van der Waals surface area contributed by atoms with Crippen LogP contribution in [0.1, 0.15) is 54.4 Å². The van der Waals surface area contributed by atoms with Gasteiger partial charge in [-0.2, -0.15) is 13.2 Å². The summed E-state index contributed by atoms with van der Waals surface area (Å²) in [4.78, 5) is 28.5. The number of hydrogen-bond donors (Lipinski definition) is 3. The lowest BCUT2D eigenvalue weighted by molar-refractivity contribution is -0.137. The number of alkyl halides is 3. The first-order chi connectivity index (χ1) is 19.1. The van der Waals surface area contributed by atoms with Gasteiger partial charge in [-0.15, -0.1) is 0 Å². The minimum Gasteiger partial charge on any atom is -0.482 e. The van der Waals surface area contributed by atoms with Gasteiger partial charge in [0.2, 0.25) is 5.91 Å². The van der Waals surface area contributed by atoms with Crippen molar-refractivity contribution in [3.8, 4) is 5.75 Å². The van der Waals surface area contributed by atoms with E-state index in [-0.39, 0.29) is 31.2 Å². The number of halogens is 4. The zero-order chi connectivity index (χ0) is 28.9. The molecule has 0 spiro atoms.